The van der Waals surface area contributed by atoms with E-state index in [4.69, 9.17) is 11.6 Å². The lowest BCUT2D eigenvalue weighted by Crippen LogP contribution is -2.45. The molecule has 2 amide bonds. The molecule has 0 bridgehead atoms. The van der Waals surface area contributed by atoms with Gasteiger partial charge in [-0.15, -0.1) is 0 Å². The van der Waals surface area contributed by atoms with Gasteiger partial charge < -0.3 is 5.32 Å². The van der Waals surface area contributed by atoms with Crippen LogP contribution >= 0.6 is 23.4 Å². The molecule has 0 aliphatic carbocycles. The number of amidine groups is 1. The number of unbranched alkanes of at least 4 members (excludes halogenated alkanes) is 2. The van der Waals surface area contributed by atoms with Gasteiger partial charge in [-0.05, 0) is 25.0 Å². The zero-order valence-electron chi connectivity index (χ0n) is 15.3. The van der Waals surface area contributed by atoms with Crippen LogP contribution in [0, 0.1) is 0 Å². The van der Waals surface area contributed by atoms with Crippen LogP contribution in [0.1, 0.15) is 46.0 Å². The fourth-order valence-electron chi connectivity index (χ4n) is 2.52. The fraction of sp³-hybridized carbons (Fsp3) is 0.526. The van der Waals surface area contributed by atoms with Crippen molar-refractivity contribution in [1.29, 1.82) is 0 Å². The zero-order valence-corrected chi connectivity index (χ0v) is 16.9. The standard InChI is InChI=1S/C19H26ClN3O2S/c1-3-5-11-21-19-23(12-6-4-2)17(24)13-16(26-19)18(25)22-15-10-8-7-9-14(15)20/h7-10,16H,3-6,11-13H2,1-2H3,(H,22,25). The second-order valence-electron chi connectivity index (χ2n) is 6.20. The van der Waals surface area contributed by atoms with Gasteiger partial charge in [-0.2, -0.15) is 0 Å². The summed E-state index contributed by atoms with van der Waals surface area (Å²) in [5.41, 5.74) is 0.560. The van der Waals surface area contributed by atoms with Crippen molar-refractivity contribution in [1.82, 2.24) is 4.90 Å². The smallest absolute Gasteiger partial charge is 0.238 e. The van der Waals surface area contributed by atoms with Gasteiger partial charge >= 0.3 is 0 Å². The lowest BCUT2D eigenvalue weighted by atomic mass is 10.2. The predicted octanol–water partition coefficient (Wildman–Crippen LogP) is 4.57. The summed E-state index contributed by atoms with van der Waals surface area (Å²) in [6.45, 7) is 5.53. The molecule has 0 radical (unpaired) electrons. The number of para-hydroxylation sites is 1. The van der Waals surface area contributed by atoms with Gasteiger partial charge in [-0.25, -0.2) is 0 Å². The normalized spacial score (nSPS) is 19.0. The van der Waals surface area contributed by atoms with Crippen molar-refractivity contribution in [2.75, 3.05) is 18.4 Å². The van der Waals surface area contributed by atoms with Gasteiger partial charge in [0.25, 0.3) is 0 Å². The first-order chi connectivity index (χ1) is 12.6. The SMILES string of the molecule is CCCCN=C1SC(C(=O)Nc2ccccc2Cl)CC(=O)N1CCCC. The number of benzene rings is 1. The average molecular weight is 396 g/mol. The van der Waals surface area contributed by atoms with Crippen molar-refractivity contribution in [2.24, 2.45) is 4.99 Å². The molecule has 1 aromatic carbocycles. The Morgan fingerprint density at radius 2 is 2.04 bits per heavy atom. The molecule has 0 spiro atoms. The van der Waals surface area contributed by atoms with Gasteiger partial charge in [0.05, 0.1) is 10.7 Å². The van der Waals surface area contributed by atoms with E-state index in [1.165, 1.54) is 11.8 Å². The highest BCUT2D eigenvalue weighted by Crippen LogP contribution is 2.29. The topological polar surface area (TPSA) is 61.8 Å². The Labute approximate surface area is 164 Å². The van der Waals surface area contributed by atoms with E-state index in [0.717, 1.165) is 25.7 Å². The fourth-order valence-corrected chi connectivity index (χ4v) is 3.84. The molecule has 1 heterocycles. The summed E-state index contributed by atoms with van der Waals surface area (Å²) in [5.74, 6) is -0.249. The number of hydrogen-bond acceptors (Lipinski definition) is 4. The first kappa shape index (κ1) is 20.8. The molecule has 1 N–H and O–H groups in total. The predicted molar refractivity (Wildman–Crippen MR) is 110 cm³/mol. The summed E-state index contributed by atoms with van der Waals surface area (Å²) in [5, 5.41) is 3.49. The summed E-state index contributed by atoms with van der Waals surface area (Å²) in [7, 11) is 0. The van der Waals surface area contributed by atoms with Gasteiger partial charge in [0.2, 0.25) is 11.8 Å². The van der Waals surface area contributed by atoms with Crippen LogP contribution < -0.4 is 5.32 Å². The van der Waals surface area contributed by atoms with Gasteiger partial charge in [-0.1, -0.05) is 62.2 Å². The Hall–Kier alpha value is -1.53. The third-order valence-corrected chi connectivity index (χ3v) is 5.61. The minimum atomic E-state index is -0.489. The molecule has 5 nitrogen and oxygen atoms in total. The Bertz CT molecular complexity index is 666. The number of aliphatic imine (C=N–C) groups is 1. The van der Waals surface area contributed by atoms with E-state index in [-0.39, 0.29) is 18.2 Å². The number of carbonyl (C=O) groups is 2. The van der Waals surface area contributed by atoms with Crippen molar-refractivity contribution in [3.63, 3.8) is 0 Å². The quantitative estimate of drug-likeness (QED) is 0.656. The second kappa shape index (κ2) is 10.6. The molecule has 0 aromatic heterocycles. The molecule has 1 unspecified atom stereocenters. The monoisotopic (exact) mass is 395 g/mol. The molecule has 1 fully saturated rings. The maximum absolute atomic E-state index is 12.6. The number of anilines is 1. The largest absolute Gasteiger partial charge is 0.324 e. The maximum Gasteiger partial charge on any atom is 0.238 e. The third kappa shape index (κ3) is 5.74. The van der Waals surface area contributed by atoms with Crippen LogP contribution in [-0.4, -0.2) is 40.2 Å². The highest BCUT2D eigenvalue weighted by molar-refractivity contribution is 8.15. The van der Waals surface area contributed by atoms with Crippen LogP contribution in [0.15, 0.2) is 29.3 Å². The molecule has 7 heteroatoms. The highest BCUT2D eigenvalue weighted by atomic mass is 35.5. The molecule has 2 rings (SSSR count). The van der Waals surface area contributed by atoms with Gasteiger partial charge in [-0.3, -0.25) is 19.5 Å². The van der Waals surface area contributed by atoms with Gasteiger partial charge in [0, 0.05) is 19.5 Å². The molecule has 1 aromatic rings. The van der Waals surface area contributed by atoms with Crippen LogP contribution in [-0.2, 0) is 9.59 Å². The van der Waals surface area contributed by atoms with Crippen molar-refractivity contribution < 1.29 is 9.59 Å². The molecule has 1 atom stereocenters. The summed E-state index contributed by atoms with van der Waals surface area (Å²) in [6, 6.07) is 7.09. The van der Waals surface area contributed by atoms with Crippen LogP contribution in [0.3, 0.4) is 0 Å². The van der Waals surface area contributed by atoms with Gasteiger partial charge in [0.1, 0.15) is 5.25 Å². The van der Waals surface area contributed by atoms with Crippen LogP contribution in [0.4, 0.5) is 5.69 Å². The van der Waals surface area contributed by atoms with E-state index in [2.05, 4.69) is 24.2 Å². The number of thioether (sulfide) groups is 1. The van der Waals surface area contributed by atoms with E-state index in [9.17, 15) is 9.59 Å². The number of amides is 2. The number of nitrogens with zero attached hydrogens (tertiary/aromatic N) is 2. The van der Waals surface area contributed by atoms with E-state index >= 15 is 0 Å². The molecule has 26 heavy (non-hydrogen) atoms. The number of carbonyl (C=O) groups excluding carboxylic acids is 2. The van der Waals surface area contributed by atoms with E-state index in [0.29, 0.717) is 29.0 Å². The molecular formula is C19H26ClN3O2S. The van der Waals surface area contributed by atoms with E-state index in [1.54, 1.807) is 23.1 Å². The van der Waals surface area contributed by atoms with Crippen molar-refractivity contribution in [3.05, 3.63) is 29.3 Å². The summed E-state index contributed by atoms with van der Waals surface area (Å²) >= 11 is 7.49. The number of nitrogens with one attached hydrogen (secondary N) is 1. The van der Waals surface area contributed by atoms with Crippen molar-refractivity contribution in [3.8, 4) is 0 Å². The van der Waals surface area contributed by atoms with Crippen LogP contribution in [0.5, 0.6) is 0 Å². The molecule has 142 valence electrons. The van der Waals surface area contributed by atoms with Crippen LogP contribution in [0.25, 0.3) is 0 Å². The molecule has 1 saturated heterocycles. The zero-order chi connectivity index (χ0) is 18.9. The van der Waals surface area contributed by atoms with Crippen LogP contribution in [0.2, 0.25) is 5.02 Å². The Balaban J connectivity index is 2.10. The van der Waals surface area contributed by atoms with Gasteiger partial charge in [0.15, 0.2) is 5.17 Å². The number of rotatable bonds is 8. The van der Waals surface area contributed by atoms with E-state index in [1.807, 2.05) is 6.07 Å². The molecule has 1 aliphatic heterocycles. The average Bonchev–Trinajstić information content (AvgIpc) is 2.63. The highest BCUT2D eigenvalue weighted by Gasteiger charge is 2.35. The Morgan fingerprint density at radius 1 is 1.31 bits per heavy atom. The first-order valence-electron chi connectivity index (χ1n) is 9.13. The number of halogens is 1. The van der Waals surface area contributed by atoms with Crippen molar-refractivity contribution in [2.45, 2.75) is 51.2 Å². The summed E-state index contributed by atoms with van der Waals surface area (Å²) in [4.78, 5) is 31.6. The summed E-state index contributed by atoms with van der Waals surface area (Å²) < 4.78 is 0. The summed E-state index contributed by atoms with van der Waals surface area (Å²) in [6.07, 6.45) is 4.12. The first-order valence-corrected chi connectivity index (χ1v) is 10.4. The molecular weight excluding hydrogens is 370 g/mol. The second-order valence-corrected chi connectivity index (χ2v) is 7.77. The lowest BCUT2D eigenvalue weighted by Gasteiger charge is -2.31. The van der Waals surface area contributed by atoms with Crippen molar-refractivity contribution >= 4 is 46.0 Å². The Kier molecular flexibility index (Phi) is 8.45. The minimum Gasteiger partial charge on any atom is -0.324 e. The number of hydrogen-bond donors (Lipinski definition) is 1. The molecule has 0 saturated carbocycles. The minimum absolute atomic E-state index is 0.0354. The maximum atomic E-state index is 12.6. The van der Waals surface area contributed by atoms with E-state index < -0.39 is 5.25 Å². The Morgan fingerprint density at radius 3 is 2.73 bits per heavy atom. The lowest BCUT2D eigenvalue weighted by molar-refractivity contribution is -0.129. The molecule has 1 aliphatic rings. The third-order valence-electron chi connectivity index (χ3n) is 4.06.